The predicted molar refractivity (Wildman–Crippen MR) is 70.9 cm³/mol. The number of hydrogen-bond donors (Lipinski definition) is 1. The summed E-state index contributed by atoms with van der Waals surface area (Å²) in [6, 6.07) is 6.06. The standard InChI is InChI=1S/C12H13FN4OS/c1-17-11(8-2-4-9(13)5-3-8)15-16-12(17)19-7-6-10(14)18/h2-5H,6-7H2,1H3,(H2,14,18). The maximum atomic E-state index is 12.9. The summed E-state index contributed by atoms with van der Waals surface area (Å²) in [5.74, 6) is 0.585. The third-order valence-electron chi connectivity index (χ3n) is 2.52. The second-order valence-corrected chi connectivity index (χ2v) is 5.00. The van der Waals surface area contributed by atoms with Crippen molar-refractivity contribution in [2.45, 2.75) is 11.6 Å². The zero-order chi connectivity index (χ0) is 13.8. The normalized spacial score (nSPS) is 10.6. The van der Waals surface area contributed by atoms with Crippen LogP contribution in [-0.2, 0) is 11.8 Å². The number of carbonyl (C=O) groups is 1. The van der Waals surface area contributed by atoms with Gasteiger partial charge in [-0.1, -0.05) is 11.8 Å². The molecule has 2 N–H and O–H groups in total. The molecule has 2 aromatic rings. The lowest BCUT2D eigenvalue weighted by atomic mass is 10.2. The lowest BCUT2D eigenvalue weighted by Crippen LogP contribution is -2.11. The molecule has 1 aromatic carbocycles. The van der Waals surface area contributed by atoms with Gasteiger partial charge in [-0.3, -0.25) is 4.79 Å². The number of primary amides is 1. The van der Waals surface area contributed by atoms with Crippen molar-refractivity contribution in [1.82, 2.24) is 14.8 Å². The van der Waals surface area contributed by atoms with Crippen molar-refractivity contribution in [2.24, 2.45) is 12.8 Å². The number of nitrogens with two attached hydrogens (primary N) is 1. The largest absolute Gasteiger partial charge is 0.370 e. The summed E-state index contributed by atoms with van der Waals surface area (Å²) in [4.78, 5) is 10.7. The molecule has 0 saturated heterocycles. The molecule has 0 aliphatic heterocycles. The summed E-state index contributed by atoms with van der Waals surface area (Å²) in [5, 5.41) is 8.80. The van der Waals surface area contributed by atoms with Crippen LogP contribution in [0.15, 0.2) is 29.4 Å². The van der Waals surface area contributed by atoms with Crippen LogP contribution in [0.4, 0.5) is 4.39 Å². The molecule has 19 heavy (non-hydrogen) atoms. The molecular weight excluding hydrogens is 267 g/mol. The van der Waals surface area contributed by atoms with E-state index < -0.39 is 0 Å². The van der Waals surface area contributed by atoms with E-state index >= 15 is 0 Å². The number of carbonyl (C=O) groups excluding carboxylic acids is 1. The average molecular weight is 280 g/mol. The van der Waals surface area contributed by atoms with Crippen LogP contribution in [0.2, 0.25) is 0 Å². The van der Waals surface area contributed by atoms with Crippen LogP contribution < -0.4 is 5.73 Å². The third-order valence-corrected chi connectivity index (χ3v) is 3.54. The Labute approximate surface area is 114 Å². The Bertz CT molecular complexity index is 582. The fourth-order valence-electron chi connectivity index (χ4n) is 1.53. The predicted octanol–water partition coefficient (Wildman–Crippen LogP) is 1.59. The monoisotopic (exact) mass is 280 g/mol. The number of halogens is 1. The van der Waals surface area contributed by atoms with Gasteiger partial charge in [-0.2, -0.15) is 0 Å². The topological polar surface area (TPSA) is 73.8 Å². The molecule has 0 atom stereocenters. The molecule has 0 radical (unpaired) electrons. The third kappa shape index (κ3) is 3.31. The second-order valence-electron chi connectivity index (χ2n) is 3.94. The van der Waals surface area contributed by atoms with Crippen LogP contribution in [0.1, 0.15) is 6.42 Å². The van der Waals surface area contributed by atoms with Gasteiger partial charge in [0.1, 0.15) is 5.82 Å². The summed E-state index contributed by atoms with van der Waals surface area (Å²) >= 11 is 1.41. The van der Waals surface area contributed by atoms with Gasteiger partial charge < -0.3 is 10.3 Å². The van der Waals surface area contributed by atoms with E-state index in [1.165, 1.54) is 23.9 Å². The first-order chi connectivity index (χ1) is 9.08. The molecular formula is C12H13FN4OS. The van der Waals surface area contributed by atoms with Gasteiger partial charge in [0.15, 0.2) is 11.0 Å². The van der Waals surface area contributed by atoms with Gasteiger partial charge in [-0.25, -0.2) is 4.39 Å². The molecule has 0 unspecified atom stereocenters. The first kappa shape index (κ1) is 13.5. The summed E-state index contributed by atoms with van der Waals surface area (Å²) in [6.07, 6.45) is 0.295. The average Bonchev–Trinajstić information content (AvgIpc) is 2.72. The zero-order valence-electron chi connectivity index (χ0n) is 10.3. The molecule has 0 spiro atoms. The molecule has 2 rings (SSSR count). The molecule has 0 bridgehead atoms. The van der Waals surface area contributed by atoms with Crippen LogP contribution >= 0.6 is 11.8 Å². The van der Waals surface area contributed by atoms with Gasteiger partial charge in [0.25, 0.3) is 0 Å². The summed E-state index contributed by atoms with van der Waals surface area (Å²) in [6.45, 7) is 0. The van der Waals surface area contributed by atoms with E-state index in [1.807, 2.05) is 7.05 Å². The zero-order valence-corrected chi connectivity index (χ0v) is 11.2. The first-order valence-corrected chi connectivity index (χ1v) is 6.63. The van der Waals surface area contributed by atoms with Crippen molar-refractivity contribution in [3.63, 3.8) is 0 Å². The molecule has 7 heteroatoms. The molecule has 0 aliphatic rings. The highest BCUT2D eigenvalue weighted by Crippen LogP contribution is 2.22. The Morgan fingerprint density at radius 2 is 2.05 bits per heavy atom. The molecule has 0 aliphatic carbocycles. The number of benzene rings is 1. The van der Waals surface area contributed by atoms with Crippen molar-refractivity contribution in [3.05, 3.63) is 30.1 Å². The number of amides is 1. The van der Waals surface area contributed by atoms with Crippen molar-refractivity contribution < 1.29 is 9.18 Å². The highest BCUT2D eigenvalue weighted by Gasteiger charge is 2.11. The van der Waals surface area contributed by atoms with Crippen molar-refractivity contribution >= 4 is 17.7 Å². The molecule has 100 valence electrons. The highest BCUT2D eigenvalue weighted by atomic mass is 32.2. The minimum absolute atomic E-state index is 0.290. The van der Waals surface area contributed by atoms with Crippen LogP contribution in [-0.4, -0.2) is 26.4 Å². The lowest BCUT2D eigenvalue weighted by molar-refractivity contribution is -0.117. The Morgan fingerprint density at radius 3 is 2.68 bits per heavy atom. The Kier molecular flexibility index (Phi) is 4.16. The van der Waals surface area contributed by atoms with E-state index in [0.29, 0.717) is 23.2 Å². The van der Waals surface area contributed by atoms with Crippen molar-refractivity contribution in [2.75, 3.05) is 5.75 Å². The Balaban J connectivity index is 2.13. The van der Waals surface area contributed by atoms with E-state index in [0.717, 1.165) is 5.56 Å². The molecule has 0 saturated carbocycles. The van der Waals surface area contributed by atoms with E-state index in [2.05, 4.69) is 10.2 Å². The second kappa shape index (κ2) is 5.83. The molecule has 5 nitrogen and oxygen atoms in total. The molecule has 1 heterocycles. The van der Waals surface area contributed by atoms with E-state index in [4.69, 9.17) is 5.73 Å². The molecule has 1 amide bonds. The number of nitrogens with zero attached hydrogens (tertiary/aromatic N) is 3. The molecule has 0 fully saturated rings. The van der Waals surface area contributed by atoms with E-state index in [-0.39, 0.29) is 11.7 Å². The number of aromatic nitrogens is 3. The van der Waals surface area contributed by atoms with E-state index in [9.17, 15) is 9.18 Å². The quantitative estimate of drug-likeness (QED) is 0.844. The summed E-state index contributed by atoms with van der Waals surface area (Å²) < 4.78 is 14.7. The Morgan fingerprint density at radius 1 is 1.37 bits per heavy atom. The van der Waals surface area contributed by atoms with Crippen LogP contribution in [0.25, 0.3) is 11.4 Å². The van der Waals surface area contributed by atoms with Gasteiger partial charge in [-0.05, 0) is 24.3 Å². The number of thioether (sulfide) groups is 1. The number of rotatable bonds is 5. The van der Waals surface area contributed by atoms with Gasteiger partial charge in [0, 0.05) is 24.8 Å². The van der Waals surface area contributed by atoms with Gasteiger partial charge in [0.2, 0.25) is 5.91 Å². The van der Waals surface area contributed by atoms with Crippen LogP contribution in [0.3, 0.4) is 0 Å². The maximum Gasteiger partial charge on any atom is 0.218 e. The highest BCUT2D eigenvalue weighted by molar-refractivity contribution is 7.99. The minimum Gasteiger partial charge on any atom is -0.370 e. The molecule has 1 aromatic heterocycles. The van der Waals surface area contributed by atoms with Crippen molar-refractivity contribution in [1.29, 1.82) is 0 Å². The summed E-state index contributed by atoms with van der Waals surface area (Å²) in [5.41, 5.74) is 5.86. The van der Waals surface area contributed by atoms with Crippen LogP contribution in [0.5, 0.6) is 0 Å². The van der Waals surface area contributed by atoms with E-state index in [1.54, 1.807) is 16.7 Å². The van der Waals surface area contributed by atoms with Gasteiger partial charge in [-0.15, -0.1) is 10.2 Å². The summed E-state index contributed by atoms with van der Waals surface area (Å²) in [7, 11) is 1.82. The fourth-order valence-corrected chi connectivity index (χ4v) is 2.40. The van der Waals surface area contributed by atoms with Crippen molar-refractivity contribution in [3.8, 4) is 11.4 Å². The number of hydrogen-bond acceptors (Lipinski definition) is 4. The van der Waals surface area contributed by atoms with Gasteiger partial charge >= 0.3 is 0 Å². The fraction of sp³-hybridized carbons (Fsp3) is 0.250. The smallest absolute Gasteiger partial charge is 0.218 e. The van der Waals surface area contributed by atoms with Gasteiger partial charge in [0.05, 0.1) is 0 Å². The Hall–Kier alpha value is -1.89. The first-order valence-electron chi connectivity index (χ1n) is 5.64. The maximum absolute atomic E-state index is 12.9. The lowest BCUT2D eigenvalue weighted by Gasteiger charge is -2.03. The minimum atomic E-state index is -0.339. The SMILES string of the molecule is Cn1c(SCCC(N)=O)nnc1-c1ccc(F)cc1. The van der Waals surface area contributed by atoms with Crippen LogP contribution in [0, 0.1) is 5.82 Å².